The minimum Gasteiger partial charge on any atom is -0.478 e. The molecular weight excluding hydrogens is 284 g/mol. The zero-order valence-electron chi connectivity index (χ0n) is 13.4. The summed E-state index contributed by atoms with van der Waals surface area (Å²) in [5.41, 5.74) is 0.462. The predicted molar refractivity (Wildman–Crippen MR) is 84.2 cm³/mol. The number of carbonyl (C=O) groups is 1. The van der Waals surface area contributed by atoms with Crippen molar-refractivity contribution in [1.29, 1.82) is 0 Å². The molecule has 1 aromatic carbocycles. The molecule has 0 radical (unpaired) electrons. The SMILES string of the molecule is CC(C)CCN1C(=O)C(C(C)C)Oc2ccc([N+](=O)[O-])cc21. The van der Waals surface area contributed by atoms with Crippen molar-refractivity contribution < 1.29 is 14.5 Å². The second-order valence-electron chi connectivity index (χ2n) is 6.36. The van der Waals surface area contributed by atoms with Crippen molar-refractivity contribution in [2.45, 2.75) is 40.2 Å². The molecule has 1 heterocycles. The molecule has 6 heteroatoms. The molecule has 0 N–H and O–H groups in total. The topological polar surface area (TPSA) is 72.7 Å². The number of anilines is 1. The van der Waals surface area contributed by atoms with Crippen molar-refractivity contribution in [2.75, 3.05) is 11.4 Å². The number of hydrogen-bond acceptors (Lipinski definition) is 4. The van der Waals surface area contributed by atoms with Crippen LogP contribution in [0, 0.1) is 22.0 Å². The van der Waals surface area contributed by atoms with Crippen molar-refractivity contribution in [3.05, 3.63) is 28.3 Å². The smallest absolute Gasteiger partial charge is 0.271 e. The summed E-state index contributed by atoms with van der Waals surface area (Å²) in [6.07, 6.45) is 0.291. The molecule has 0 saturated heterocycles. The minimum absolute atomic E-state index is 0.0345. The first-order valence-corrected chi connectivity index (χ1v) is 7.57. The normalized spacial score (nSPS) is 17.6. The van der Waals surface area contributed by atoms with Gasteiger partial charge < -0.3 is 9.64 Å². The molecular formula is C16H22N2O4. The molecule has 1 amide bonds. The second-order valence-corrected chi connectivity index (χ2v) is 6.36. The first kappa shape index (κ1) is 16.3. The number of carbonyl (C=O) groups excluding carboxylic acids is 1. The summed E-state index contributed by atoms with van der Waals surface area (Å²) < 4.78 is 5.76. The van der Waals surface area contributed by atoms with Crippen molar-refractivity contribution in [2.24, 2.45) is 11.8 Å². The Morgan fingerprint density at radius 3 is 2.55 bits per heavy atom. The van der Waals surface area contributed by atoms with Crippen LogP contribution in [0.5, 0.6) is 5.75 Å². The van der Waals surface area contributed by atoms with Gasteiger partial charge >= 0.3 is 0 Å². The Labute approximate surface area is 130 Å². The van der Waals surface area contributed by atoms with Crippen molar-refractivity contribution >= 4 is 17.3 Å². The second kappa shape index (κ2) is 6.34. The van der Waals surface area contributed by atoms with Crippen LogP contribution in [0.1, 0.15) is 34.1 Å². The summed E-state index contributed by atoms with van der Waals surface area (Å²) in [7, 11) is 0. The number of nitro groups is 1. The molecule has 1 aliphatic heterocycles. The number of benzene rings is 1. The first-order chi connectivity index (χ1) is 10.3. The van der Waals surface area contributed by atoms with Gasteiger partial charge in [0.25, 0.3) is 11.6 Å². The molecule has 1 aliphatic rings. The number of non-ortho nitro benzene ring substituents is 1. The van der Waals surface area contributed by atoms with E-state index < -0.39 is 11.0 Å². The van der Waals surface area contributed by atoms with Crippen LogP contribution < -0.4 is 9.64 Å². The first-order valence-electron chi connectivity index (χ1n) is 7.57. The summed E-state index contributed by atoms with van der Waals surface area (Å²) in [6.45, 7) is 8.56. The van der Waals surface area contributed by atoms with Gasteiger partial charge in [-0.05, 0) is 24.3 Å². The van der Waals surface area contributed by atoms with E-state index in [-0.39, 0.29) is 17.5 Å². The highest BCUT2D eigenvalue weighted by atomic mass is 16.6. The maximum atomic E-state index is 12.7. The highest BCUT2D eigenvalue weighted by Crippen LogP contribution is 2.38. The van der Waals surface area contributed by atoms with Gasteiger partial charge in [0.15, 0.2) is 6.10 Å². The molecule has 1 aromatic rings. The number of rotatable bonds is 5. The molecule has 120 valence electrons. The van der Waals surface area contributed by atoms with Crippen molar-refractivity contribution in [3.8, 4) is 5.75 Å². The van der Waals surface area contributed by atoms with E-state index in [1.165, 1.54) is 12.1 Å². The van der Waals surface area contributed by atoms with Gasteiger partial charge in [-0.2, -0.15) is 0 Å². The number of nitro benzene ring substituents is 1. The van der Waals surface area contributed by atoms with E-state index in [0.29, 0.717) is 23.9 Å². The summed E-state index contributed by atoms with van der Waals surface area (Å²) >= 11 is 0. The van der Waals surface area contributed by atoms with Crippen LogP contribution in [0.3, 0.4) is 0 Å². The van der Waals surface area contributed by atoms with E-state index in [0.717, 1.165) is 6.42 Å². The summed E-state index contributed by atoms with van der Waals surface area (Å²) in [6, 6.07) is 4.41. The summed E-state index contributed by atoms with van der Waals surface area (Å²) in [4.78, 5) is 24.8. The molecule has 22 heavy (non-hydrogen) atoms. The molecule has 0 fully saturated rings. The largest absolute Gasteiger partial charge is 0.478 e. The molecule has 1 atom stereocenters. The van der Waals surface area contributed by atoms with E-state index in [2.05, 4.69) is 13.8 Å². The Balaban J connectivity index is 2.42. The highest BCUT2D eigenvalue weighted by Gasteiger charge is 2.36. The lowest BCUT2D eigenvalue weighted by atomic mass is 10.0. The Morgan fingerprint density at radius 1 is 1.32 bits per heavy atom. The molecule has 0 spiro atoms. The molecule has 0 aromatic heterocycles. The number of fused-ring (bicyclic) bond motifs is 1. The van der Waals surface area contributed by atoms with Crippen LogP contribution in [-0.4, -0.2) is 23.5 Å². The van der Waals surface area contributed by atoms with Gasteiger partial charge in [-0.25, -0.2) is 0 Å². The lowest BCUT2D eigenvalue weighted by Crippen LogP contribution is -2.48. The van der Waals surface area contributed by atoms with E-state index >= 15 is 0 Å². The minimum atomic E-state index is -0.541. The lowest BCUT2D eigenvalue weighted by molar-refractivity contribution is -0.384. The van der Waals surface area contributed by atoms with Gasteiger partial charge in [-0.15, -0.1) is 0 Å². The Hall–Kier alpha value is -2.11. The van der Waals surface area contributed by atoms with Gasteiger partial charge in [0, 0.05) is 18.7 Å². The van der Waals surface area contributed by atoms with Crippen molar-refractivity contribution in [3.63, 3.8) is 0 Å². The zero-order chi connectivity index (χ0) is 16.4. The lowest BCUT2D eigenvalue weighted by Gasteiger charge is -2.36. The average molecular weight is 306 g/mol. The molecule has 0 saturated carbocycles. The third kappa shape index (κ3) is 3.21. The third-order valence-corrected chi connectivity index (χ3v) is 3.74. The van der Waals surface area contributed by atoms with Crippen LogP contribution in [0.15, 0.2) is 18.2 Å². The van der Waals surface area contributed by atoms with E-state index in [4.69, 9.17) is 4.74 Å². The maximum Gasteiger partial charge on any atom is 0.271 e. The zero-order valence-corrected chi connectivity index (χ0v) is 13.4. The Bertz CT molecular complexity index is 584. The van der Waals surface area contributed by atoms with E-state index in [1.54, 1.807) is 11.0 Å². The van der Waals surface area contributed by atoms with Crippen LogP contribution in [0.4, 0.5) is 11.4 Å². The number of nitrogens with zero attached hydrogens (tertiary/aromatic N) is 2. The molecule has 6 nitrogen and oxygen atoms in total. The Kier molecular flexibility index (Phi) is 4.68. The molecule has 0 aliphatic carbocycles. The van der Waals surface area contributed by atoms with Gasteiger partial charge in [0.2, 0.25) is 0 Å². The van der Waals surface area contributed by atoms with Crippen molar-refractivity contribution in [1.82, 2.24) is 0 Å². The van der Waals surface area contributed by atoms with Crippen LogP contribution in [0.25, 0.3) is 0 Å². The van der Waals surface area contributed by atoms with E-state index in [1.807, 2.05) is 13.8 Å². The fourth-order valence-corrected chi connectivity index (χ4v) is 2.43. The summed E-state index contributed by atoms with van der Waals surface area (Å²) in [5, 5.41) is 11.0. The van der Waals surface area contributed by atoms with Crippen LogP contribution >= 0.6 is 0 Å². The number of ether oxygens (including phenoxy) is 1. The number of hydrogen-bond donors (Lipinski definition) is 0. The number of amides is 1. The quantitative estimate of drug-likeness (QED) is 0.617. The van der Waals surface area contributed by atoms with E-state index in [9.17, 15) is 14.9 Å². The fourth-order valence-electron chi connectivity index (χ4n) is 2.43. The van der Waals surface area contributed by atoms with Gasteiger partial charge in [0.1, 0.15) is 5.75 Å². The molecule has 1 unspecified atom stereocenters. The van der Waals surface area contributed by atoms with Gasteiger partial charge in [0.05, 0.1) is 10.6 Å². The third-order valence-electron chi connectivity index (χ3n) is 3.74. The van der Waals surface area contributed by atoms with Crippen LogP contribution in [0.2, 0.25) is 0 Å². The standard InChI is InChI=1S/C16H22N2O4/c1-10(2)7-8-17-13-9-12(18(20)21)5-6-14(13)22-15(11(3)4)16(17)19/h5-6,9-11,15H,7-8H2,1-4H3. The summed E-state index contributed by atoms with van der Waals surface area (Å²) in [5.74, 6) is 0.893. The molecule has 0 bridgehead atoms. The maximum absolute atomic E-state index is 12.7. The highest BCUT2D eigenvalue weighted by molar-refractivity contribution is 6.00. The predicted octanol–water partition coefficient (Wildman–Crippen LogP) is 3.39. The Morgan fingerprint density at radius 2 is 2.00 bits per heavy atom. The average Bonchev–Trinajstić information content (AvgIpc) is 2.44. The van der Waals surface area contributed by atoms with Gasteiger partial charge in [-0.3, -0.25) is 14.9 Å². The molecule has 2 rings (SSSR count). The van der Waals surface area contributed by atoms with Gasteiger partial charge in [-0.1, -0.05) is 27.7 Å². The fraction of sp³-hybridized carbons (Fsp3) is 0.562. The van der Waals surface area contributed by atoms with Crippen LogP contribution in [-0.2, 0) is 4.79 Å². The monoisotopic (exact) mass is 306 g/mol.